The molecule has 5 nitrogen and oxygen atoms in total. The smallest absolute Gasteiger partial charge is 0.325 e. The summed E-state index contributed by atoms with van der Waals surface area (Å²) < 4.78 is 4.88. The third-order valence-corrected chi connectivity index (χ3v) is 2.67. The van der Waals surface area contributed by atoms with E-state index in [1.807, 2.05) is 13.8 Å². The van der Waals surface area contributed by atoms with E-state index in [0.29, 0.717) is 19.1 Å². The summed E-state index contributed by atoms with van der Waals surface area (Å²) in [5, 5.41) is 3.27. The molecule has 1 N–H and O–H groups in total. The number of nitrogens with zero attached hydrogens (tertiary/aromatic N) is 1. The first-order valence-corrected chi connectivity index (χ1v) is 7.06. The number of esters is 1. The Kier molecular flexibility index (Phi) is 9.21. The largest absolute Gasteiger partial charge is 0.465 e. The Morgan fingerprint density at radius 2 is 1.84 bits per heavy atom. The van der Waals surface area contributed by atoms with Gasteiger partial charge in [0.25, 0.3) is 0 Å². The van der Waals surface area contributed by atoms with E-state index in [-0.39, 0.29) is 24.5 Å². The first kappa shape index (κ1) is 17.9. The van der Waals surface area contributed by atoms with Gasteiger partial charge in [0.05, 0.1) is 6.61 Å². The number of amides is 1. The van der Waals surface area contributed by atoms with E-state index >= 15 is 0 Å². The van der Waals surface area contributed by atoms with Crippen LogP contribution in [0.1, 0.15) is 47.5 Å². The predicted octanol–water partition coefficient (Wildman–Crippen LogP) is 1.56. The first-order valence-electron chi connectivity index (χ1n) is 7.06. The molecular formula is C14H28N2O3. The lowest BCUT2D eigenvalue weighted by Gasteiger charge is -2.25. The molecule has 0 unspecified atom stereocenters. The molecule has 0 rings (SSSR count). The van der Waals surface area contributed by atoms with Crippen molar-refractivity contribution in [2.24, 2.45) is 0 Å². The molecule has 0 bridgehead atoms. The van der Waals surface area contributed by atoms with Crippen LogP contribution in [0.15, 0.2) is 0 Å². The monoisotopic (exact) mass is 272 g/mol. The van der Waals surface area contributed by atoms with Crippen molar-refractivity contribution < 1.29 is 14.3 Å². The average molecular weight is 272 g/mol. The van der Waals surface area contributed by atoms with Crippen LogP contribution in [0.2, 0.25) is 0 Å². The molecule has 0 spiro atoms. The summed E-state index contributed by atoms with van der Waals surface area (Å²) in [5.74, 6) is -0.335. The number of nitrogens with one attached hydrogen (secondary N) is 1. The van der Waals surface area contributed by atoms with Crippen molar-refractivity contribution in [1.82, 2.24) is 10.2 Å². The van der Waals surface area contributed by atoms with Crippen LogP contribution in [-0.4, -0.2) is 48.6 Å². The van der Waals surface area contributed by atoms with Crippen LogP contribution >= 0.6 is 0 Å². The Balaban J connectivity index is 4.15. The fraction of sp³-hybridized carbons (Fsp3) is 0.857. The third kappa shape index (κ3) is 8.59. The number of hydrogen-bond acceptors (Lipinski definition) is 4. The molecule has 0 aromatic carbocycles. The summed E-state index contributed by atoms with van der Waals surface area (Å²) in [4.78, 5) is 25.1. The molecule has 0 saturated carbocycles. The molecule has 5 heteroatoms. The molecule has 0 radical (unpaired) electrons. The zero-order chi connectivity index (χ0) is 14.8. The number of rotatable bonds is 9. The van der Waals surface area contributed by atoms with Crippen LogP contribution in [0.25, 0.3) is 0 Å². The maximum absolute atomic E-state index is 12.1. The van der Waals surface area contributed by atoms with Gasteiger partial charge in [0, 0.05) is 18.5 Å². The van der Waals surface area contributed by atoms with Gasteiger partial charge >= 0.3 is 5.97 Å². The Hall–Kier alpha value is -1.10. The Labute approximate surface area is 116 Å². The van der Waals surface area contributed by atoms with Gasteiger partial charge in [0.1, 0.15) is 6.54 Å². The van der Waals surface area contributed by atoms with Crippen molar-refractivity contribution in [1.29, 1.82) is 0 Å². The standard InChI is InChI=1S/C14H28N2O3/c1-6-19-14(18)10-16(12(4)5)13(17)8-7-9-15-11(2)3/h11-12,15H,6-10H2,1-5H3. The maximum Gasteiger partial charge on any atom is 0.325 e. The molecule has 0 aromatic rings. The van der Waals surface area contributed by atoms with Gasteiger partial charge < -0.3 is 15.0 Å². The van der Waals surface area contributed by atoms with E-state index in [1.165, 1.54) is 0 Å². The van der Waals surface area contributed by atoms with Gasteiger partial charge in [-0.3, -0.25) is 9.59 Å². The van der Waals surface area contributed by atoms with Crippen molar-refractivity contribution in [3.05, 3.63) is 0 Å². The second-order valence-electron chi connectivity index (χ2n) is 5.13. The van der Waals surface area contributed by atoms with Crippen molar-refractivity contribution in [3.63, 3.8) is 0 Å². The molecule has 0 saturated heterocycles. The minimum atomic E-state index is -0.343. The van der Waals surface area contributed by atoms with Gasteiger partial charge in [-0.2, -0.15) is 0 Å². The van der Waals surface area contributed by atoms with Crippen molar-refractivity contribution in [2.45, 2.75) is 59.5 Å². The fourth-order valence-electron chi connectivity index (χ4n) is 1.68. The first-order chi connectivity index (χ1) is 8.88. The molecular weight excluding hydrogens is 244 g/mol. The van der Waals surface area contributed by atoms with Crippen LogP contribution < -0.4 is 5.32 Å². The minimum Gasteiger partial charge on any atom is -0.465 e. The molecule has 0 aliphatic carbocycles. The lowest BCUT2D eigenvalue weighted by molar-refractivity contribution is -0.150. The molecule has 112 valence electrons. The quantitative estimate of drug-likeness (QED) is 0.511. The lowest BCUT2D eigenvalue weighted by atomic mass is 10.2. The van der Waals surface area contributed by atoms with Crippen LogP contribution in [-0.2, 0) is 14.3 Å². The molecule has 0 heterocycles. The predicted molar refractivity (Wildman–Crippen MR) is 75.9 cm³/mol. The van der Waals surface area contributed by atoms with Crippen molar-refractivity contribution in [3.8, 4) is 0 Å². The summed E-state index contributed by atoms with van der Waals surface area (Å²) in [5.41, 5.74) is 0. The van der Waals surface area contributed by atoms with E-state index < -0.39 is 0 Å². The van der Waals surface area contributed by atoms with Gasteiger partial charge in [-0.05, 0) is 33.7 Å². The van der Waals surface area contributed by atoms with E-state index in [4.69, 9.17) is 4.74 Å². The number of carbonyl (C=O) groups excluding carboxylic acids is 2. The highest BCUT2D eigenvalue weighted by Gasteiger charge is 2.20. The number of ether oxygens (including phenoxy) is 1. The SMILES string of the molecule is CCOC(=O)CN(C(=O)CCCNC(C)C)C(C)C. The number of carbonyl (C=O) groups is 2. The van der Waals surface area contributed by atoms with Gasteiger partial charge in [-0.1, -0.05) is 13.8 Å². The van der Waals surface area contributed by atoms with Gasteiger partial charge in [-0.15, -0.1) is 0 Å². The highest BCUT2D eigenvalue weighted by Crippen LogP contribution is 2.04. The average Bonchev–Trinajstić information content (AvgIpc) is 2.31. The lowest BCUT2D eigenvalue weighted by Crippen LogP contribution is -2.41. The molecule has 0 fully saturated rings. The summed E-state index contributed by atoms with van der Waals surface area (Å²) in [6, 6.07) is 0.436. The maximum atomic E-state index is 12.1. The zero-order valence-corrected chi connectivity index (χ0v) is 12.9. The normalized spacial score (nSPS) is 10.9. The van der Waals surface area contributed by atoms with E-state index in [2.05, 4.69) is 19.2 Å². The van der Waals surface area contributed by atoms with Crippen LogP contribution in [0.5, 0.6) is 0 Å². The van der Waals surface area contributed by atoms with E-state index in [0.717, 1.165) is 13.0 Å². The molecule has 0 atom stereocenters. The zero-order valence-electron chi connectivity index (χ0n) is 12.9. The van der Waals surface area contributed by atoms with Crippen molar-refractivity contribution in [2.75, 3.05) is 19.7 Å². The summed E-state index contributed by atoms with van der Waals surface area (Å²) in [6.45, 7) is 10.9. The van der Waals surface area contributed by atoms with Crippen LogP contribution in [0, 0.1) is 0 Å². The highest BCUT2D eigenvalue weighted by atomic mass is 16.5. The molecule has 1 amide bonds. The third-order valence-electron chi connectivity index (χ3n) is 2.67. The number of hydrogen-bond donors (Lipinski definition) is 1. The van der Waals surface area contributed by atoms with E-state index in [1.54, 1.807) is 11.8 Å². The molecule has 0 aliphatic heterocycles. The summed E-state index contributed by atoms with van der Waals surface area (Å²) in [7, 11) is 0. The Bertz CT molecular complexity index is 278. The second-order valence-corrected chi connectivity index (χ2v) is 5.13. The summed E-state index contributed by atoms with van der Waals surface area (Å²) in [6.07, 6.45) is 1.24. The van der Waals surface area contributed by atoms with Gasteiger partial charge in [-0.25, -0.2) is 0 Å². The molecule has 19 heavy (non-hydrogen) atoms. The Morgan fingerprint density at radius 3 is 2.32 bits per heavy atom. The van der Waals surface area contributed by atoms with Crippen LogP contribution in [0.4, 0.5) is 0 Å². The van der Waals surface area contributed by atoms with Crippen LogP contribution in [0.3, 0.4) is 0 Å². The fourth-order valence-corrected chi connectivity index (χ4v) is 1.68. The second kappa shape index (κ2) is 9.78. The topological polar surface area (TPSA) is 58.6 Å². The molecule has 0 aromatic heterocycles. The van der Waals surface area contributed by atoms with Gasteiger partial charge in [0.15, 0.2) is 0 Å². The Morgan fingerprint density at radius 1 is 1.21 bits per heavy atom. The van der Waals surface area contributed by atoms with E-state index in [9.17, 15) is 9.59 Å². The summed E-state index contributed by atoms with van der Waals surface area (Å²) >= 11 is 0. The van der Waals surface area contributed by atoms with Crippen molar-refractivity contribution >= 4 is 11.9 Å². The minimum absolute atomic E-state index is 0.00797. The molecule has 0 aliphatic rings. The van der Waals surface area contributed by atoms with Gasteiger partial charge in [0.2, 0.25) is 5.91 Å². The highest BCUT2D eigenvalue weighted by molar-refractivity contribution is 5.82.